The number of aryl methyl sites for hydroxylation is 1. The molecule has 0 radical (unpaired) electrons. The van der Waals surface area contributed by atoms with Gasteiger partial charge in [-0.25, -0.2) is 0 Å². The van der Waals surface area contributed by atoms with Crippen LogP contribution in [0, 0.1) is 0 Å². The largest absolute Gasteiger partial charge is 0.508 e. The van der Waals surface area contributed by atoms with Crippen LogP contribution in [0.4, 0.5) is 0 Å². The van der Waals surface area contributed by atoms with Crippen molar-refractivity contribution in [1.29, 1.82) is 0 Å². The first kappa shape index (κ1) is 9.90. The van der Waals surface area contributed by atoms with Crippen LogP contribution in [0.15, 0.2) is 24.4 Å². The molecule has 0 fully saturated rings. The number of hydrogen-bond acceptors (Lipinski definition) is 2. The summed E-state index contributed by atoms with van der Waals surface area (Å²) in [7, 11) is 0. The van der Waals surface area contributed by atoms with Crippen molar-refractivity contribution in [2.45, 2.75) is 13.0 Å². The molecule has 0 aliphatic heterocycles. The summed E-state index contributed by atoms with van der Waals surface area (Å²) in [6.07, 6.45) is 2.97. The summed E-state index contributed by atoms with van der Waals surface area (Å²) < 4.78 is 1.97. The zero-order chi connectivity index (χ0) is 11.1. The molecular formula is C12H11BrN2O. The van der Waals surface area contributed by atoms with Gasteiger partial charge in [-0.15, -0.1) is 0 Å². The monoisotopic (exact) mass is 278 g/mol. The van der Waals surface area contributed by atoms with Crippen molar-refractivity contribution < 1.29 is 5.11 Å². The first-order valence-corrected chi connectivity index (χ1v) is 6.34. The molecule has 3 nitrogen and oxygen atoms in total. The van der Waals surface area contributed by atoms with E-state index in [-0.39, 0.29) is 0 Å². The van der Waals surface area contributed by atoms with Gasteiger partial charge in [-0.1, -0.05) is 15.9 Å². The highest BCUT2D eigenvalue weighted by Gasteiger charge is 2.22. The summed E-state index contributed by atoms with van der Waals surface area (Å²) in [4.78, 5) is 0. The second-order valence-electron chi connectivity index (χ2n) is 3.97. The van der Waals surface area contributed by atoms with Crippen molar-refractivity contribution in [1.82, 2.24) is 9.78 Å². The van der Waals surface area contributed by atoms with Crippen molar-refractivity contribution in [2.75, 3.05) is 5.33 Å². The normalized spacial score (nSPS) is 12.6. The fourth-order valence-corrected chi connectivity index (χ4v) is 2.55. The molecule has 0 spiro atoms. The molecule has 2 aromatic rings. The number of aromatic nitrogens is 2. The Labute approximate surface area is 102 Å². The Morgan fingerprint density at radius 2 is 2.25 bits per heavy atom. The van der Waals surface area contributed by atoms with E-state index in [1.165, 1.54) is 11.1 Å². The Bertz CT molecular complexity index is 548. The highest BCUT2D eigenvalue weighted by Crippen LogP contribution is 2.36. The Kier molecular flexibility index (Phi) is 2.24. The molecule has 16 heavy (non-hydrogen) atoms. The number of rotatable bonds is 2. The molecule has 1 aromatic heterocycles. The summed E-state index contributed by atoms with van der Waals surface area (Å²) in [6.45, 7) is 0.889. The highest BCUT2D eigenvalue weighted by atomic mass is 79.9. The molecule has 1 aromatic carbocycles. The van der Waals surface area contributed by atoms with Crippen molar-refractivity contribution >= 4 is 15.9 Å². The summed E-state index contributed by atoms with van der Waals surface area (Å²) in [5, 5.41) is 14.9. The second-order valence-corrected chi connectivity index (χ2v) is 4.77. The molecule has 1 N–H and O–H groups in total. The van der Waals surface area contributed by atoms with Crippen molar-refractivity contribution in [3.05, 3.63) is 35.5 Å². The molecule has 0 saturated heterocycles. The lowest BCUT2D eigenvalue weighted by Gasteiger charge is -2.01. The van der Waals surface area contributed by atoms with Crippen molar-refractivity contribution in [2.24, 2.45) is 0 Å². The summed E-state index contributed by atoms with van der Waals surface area (Å²) in [5.41, 5.74) is 4.64. The van der Waals surface area contributed by atoms with Gasteiger partial charge in [0, 0.05) is 29.1 Å². The van der Waals surface area contributed by atoms with Gasteiger partial charge in [-0.2, -0.15) is 5.10 Å². The molecule has 4 heteroatoms. The average Bonchev–Trinajstić information content (AvgIpc) is 2.74. The summed E-state index contributed by atoms with van der Waals surface area (Å²) >= 11 is 3.41. The van der Waals surface area contributed by atoms with Crippen LogP contribution in [0.25, 0.3) is 11.3 Å². The quantitative estimate of drug-likeness (QED) is 0.732. The summed E-state index contributed by atoms with van der Waals surface area (Å²) in [5.74, 6) is 0.331. The lowest BCUT2D eigenvalue weighted by atomic mass is 10.1. The predicted molar refractivity (Wildman–Crippen MR) is 65.9 cm³/mol. The van der Waals surface area contributed by atoms with Gasteiger partial charge in [0.15, 0.2) is 0 Å². The molecule has 0 bridgehead atoms. The first-order valence-electron chi connectivity index (χ1n) is 5.22. The molecule has 1 aliphatic rings. The fraction of sp³-hybridized carbons (Fsp3) is 0.250. The van der Waals surface area contributed by atoms with Crippen LogP contribution in [-0.4, -0.2) is 20.2 Å². The first-order chi connectivity index (χ1) is 7.78. The minimum atomic E-state index is 0.331. The minimum Gasteiger partial charge on any atom is -0.508 e. The van der Waals surface area contributed by atoms with E-state index in [0.717, 1.165) is 29.6 Å². The van der Waals surface area contributed by atoms with E-state index in [1.54, 1.807) is 6.07 Å². The Balaban J connectivity index is 2.06. The summed E-state index contributed by atoms with van der Waals surface area (Å²) in [6, 6.07) is 5.49. The minimum absolute atomic E-state index is 0.331. The van der Waals surface area contributed by atoms with E-state index in [9.17, 15) is 5.11 Å². The number of phenolic OH excluding ortho intramolecular Hbond substituents is 1. The van der Waals surface area contributed by atoms with Crippen LogP contribution in [0.1, 0.15) is 11.1 Å². The average molecular weight is 279 g/mol. The van der Waals surface area contributed by atoms with Gasteiger partial charge in [0.1, 0.15) is 5.75 Å². The van der Waals surface area contributed by atoms with Crippen molar-refractivity contribution in [3.8, 4) is 17.0 Å². The lowest BCUT2D eigenvalue weighted by molar-refractivity contribution is 0.475. The molecule has 0 saturated carbocycles. The van der Waals surface area contributed by atoms with Gasteiger partial charge in [0.2, 0.25) is 0 Å². The zero-order valence-corrected chi connectivity index (χ0v) is 10.2. The number of alkyl halides is 1. The fourth-order valence-electron chi connectivity index (χ4n) is 2.18. The number of nitrogens with zero attached hydrogens (tertiary/aromatic N) is 2. The molecule has 1 heterocycles. The van der Waals surface area contributed by atoms with Gasteiger partial charge in [0.05, 0.1) is 12.2 Å². The second kappa shape index (κ2) is 3.63. The third kappa shape index (κ3) is 1.45. The van der Waals surface area contributed by atoms with Gasteiger partial charge >= 0.3 is 0 Å². The SMILES string of the molecule is Oc1ccc2c(c1)Cc1cn(CCBr)nc1-2. The predicted octanol–water partition coefficient (Wildman–Crippen LogP) is 2.55. The van der Waals surface area contributed by atoms with Crippen LogP contribution in [0.5, 0.6) is 5.75 Å². The number of fused-ring (bicyclic) bond motifs is 3. The van der Waals surface area contributed by atoms with E-state index >= 15 is 0 Å². The molecule has 0 unspecified atom stereocenters. The topological polar surface area (TPSA) is 38.0 Å². The van der Waals surface area contributed by atoms with Crippen LogP contribution in [-0.2, 0) is 13.0 Å². The number of halogens is 1. The number of aromatic hydroxyl groups is 1. The maximum Gasteiger partial charge on any atom is 0.115 e. The van der Waals surface area contributed by atoms with E-state index < -0.39 is 0 Å². The van der Waals surface area contributed by atoms with E-state index in [2.05, 4.69) is 27.2 Å². The van der Waals surface area contributed by atoms with Gasteiger partial charge in [-0.3, -0.25) is 4.68 Å². The van der Waals surface area contributed by atoms with Gasteiger partial charge in [-0.05, 0) is 23.8 Å². The molecule has 3 rings (SSSR count). The van der Waals surface area contributed by atoms with E-state index in [4.69, 9.17) is 0 Å². The number of benzene rings is 1. The van der Waals surface area contributed by atoms with Crippen LogP contribution < -0.4 is 0 Å². The van der Waals surface area contributed by atoms with Gasteiger partial charge < -0.3 is 5.11 Å². The zero-order valence-electron chi connectivity index (χ0n) is 8.65. The Hall–Kier alpha value is -1.29. The maximum atomic E-state index is 9.42. The van der Waals surface area contributed by atoms with Gasteiger partial charge in [0.25, 0.3) is 0 Å². The van der Waals surface area contributed by atoms with E-state index in [1.807, 2.05) is 16.8 Å². The highest BCUT2D eigenvalue weighted by molar-refractivity contribution is 9.09. The molecular weight excluding hydrogens is 268 g/mol. The molecule has 1 aliphatic carbocycles. The molecule has 0 atom stereocenters. The number of hydrogen-bond donors (Lipinski definition) is 1. The lowest BCUT2D eigenvalue weighted by Crippen LogP contribution is -1.99. The number of phenols is 1. The molecule has 0 amide bonds. The van der Waals surface area contributed by atoms with E-state index in [0.29, 0.717) is 5.75 Å². The maximum absolute atomic E-state index is 9.42. The molecule has 82 valence electrons. The smallest absolute Gasteiger partial charge is 0.115 e. The van der Waals surface area contributed by atoms with Crippen LogP contribution in [0.2, 0.25) is 0 Å². The third-order valence-electron chi connectivity index (χ3n) is 2.88. The standard InChI is InChI=1S/C12H11BrN2O/c13-3-4-15-7-9-5-8-6-10(16)1-2-11(8)12(9)14-15/h1-2,6-7,16H,3-5H2. The van der Waals surface area contributed by atoms with Crippen LogP contribution >= 0.6 is 15.9 Å². The third-order valence-corrected chi connectivity index (χ3v) is 3.23. The Morgan fingerprint density at radius 1 is 1.38 bits per heavy atom. The van der Waals surface area contributed by atoms with Crippen LogP contribution in [0.3, 0.4) is 0 Å². The Morgan fingerprint density at radius 3 is 3.06 bits per heavy atom. The van der Waals surface area contributed by atoms with Crippen molar-refractivity contribution in [3.63, 3.8) is 0 Å².